The summed E-state index contributed by atoms with van der Waals surface area (Å²) in [6.07, 6.45) is 1.74. The normalized spacial score (nSPS) is 14.1. The van der Waals surface area contributed by atoms with Crippen LogP contribution in [0.15, 0.2) is 247 Å². The minimum Gasteiger partial charge on any atom is -0.0894 e. The van der Waals surface area contributed by atoms with Crippen molar-refractivity contribution in [3.63, 3.8) is 0 Å². The van der Waals surface area contributed by atoms with Crippen LogP contribution < -0.4 is 4.74 Å². The Morgan fingerprint density at radius 2 is 0.990 bits per heavy atom. The molecule has 97 heavy (non-hydrogen) atoms. The van der Waals surface area contributed by atoms with Gasteiger partial charge < -0.3 is 0 Å². The van der Waals surface area contributed by atoms with Gasteiger partial charge in [-0.25, -0.2) is 0 Å². The first-order chi connectivity index (χ1) is 47.6. The van der Waals surface area contributed by atoms with Crippen molar-refractivity contribution in [2.45, 2.75) is 127 Å². The molecule has 0 amide bonds. The Kier molecular flexibility index (Phi) is 13.9. The first kappa shape index (κ1) is 59.0. The topological polar surface area (TPSA) is 36.9 Å². The fourth-order valence-corrected chi connectivity index (χ4v) is 17.1. The van der Waals surface area contributed by atoms with E-state index in [4.69, 9.17) is 13.8 Å². The van der Waals surface area contributed by atoms with E-state index in [0.717, 1.165) is 81.4 Å². The van der Waals surface area contributed by atoms with Gasteiger partial charge >= 0.3 is 371 Å². The molecule has 482 valence electrons. The average molecular weight is 1460 g/mol. The zero-order chi connectivity index (χ0) is 69.7. The van der Waals surface area contributed by atoms with E-state index in [2.05, 4.69) is 322 Å². The number of pyridine rings is 1. The van der Waals surface area contributed by atoms with Crippen LogP contribution in [0.25, 0.3) is 94.5 Å². The van der Waals surface area contributed by atoms with Crippen LogP contribution in [0.5, 0.6) is 11.5 Å². The molecule has 3 aromatic heterocycles. The van der Waals surface area contributed by atoms with Gasteiger partial charge in [0.05, 0.1) is 5.41 Å². The molecule has 16 rings (SSSR count). The second-order valence-corrected chi connectivity index (χ2v) is 32.5. The van der Waals surface area contributed by atoms with Crippen LogP contribution in [0.3, 0.4) is 0 Å². The van der Waals surface area contributed by atoms with Crippen molar-refractivity contribution in [1.29, 1.82) is 0 Å². The van der Waals surface area contributed by atoms with E-state index in [0.29, 0.717) is 28.4 Å². The SMILES string of the molecule is [2H]C([2H])([2H])c1cc(-n2c3[c-]c(Oc4[c-]c(-n5[c](=[Pt])n(-c6c(-c7ccccc7)cc(C(C)(C)C)cc6-c6cc(C(C)(C)C)cc(C(C)(C)C)c6)c6ccccc65)ccc4)ccc3c3cc4c(cc32)C2(c3ccccc3Sc3ccccc32)c2ccccc2-4)ncc1-c1ccc(C(C)(C)C)cc1. The fourth-order valence-electron chi connectivity index (χ4n) is 14.8. The summed E-state index contributed by atoms with van der Waals surface area (Å²) in [5.74, 6) is 1.42. The second-order valence-electron chi connectivity index (χ2n) is 30.4. The third kappa shape index (κ3) is 10.4. The molecule has 0 unspecified atom stereocenters. The number of aryl methyl sites for hydroxylation is 1. The average Bonchev–Trinajstić information content (AvgIpc) is 1.50. The third-order valence-corrected chi connectivity index (χ3v) is 22.1. The van der Waals surface area contributed by atoms with Gasteiger partial charge in [0.15, 0.2) is 0 Å². The van der Waals surface area contributed by atoms with E-state index in [1.165, 1.54) is 54.3 Å². The molecule has 0 N–H and O–H groups in total. The standard InChI is InChI=1S/C90H78N4OS.Pt/c1-56-44-84(91-54-73(56)58-38-40-60(41-39-58)86(2,3)4)94-80-51-66(42-43-68(80)72-52-71-67-30-17-18-31-74(67)90(77(71)53-81(72)94)75-32-19-23-36-82(75)96-83-37-24-20-33-76(83)90)95-65-29-25-28-64(50-65)92-55-93(79-35-22-21-34-78(79)92)85-69(57-26-15-14-16-27-57)48-63(89(11,12)13)49-70(85)59-45-61(87(5,6)7)47-62(46-59)88(8,9)10;/h14-49,52-54H,1-13H3;/q-2;/i1D3;. The van der Waals surface area contributed by atoms with Gasteiger partial charge in [-0.3, -0.25) is 0 Å². The summed E-state index contributed by atoms with van der Waals surface area (Å²) in [5.41, 5.74) is 22.7. The van der Waals surface area contributed by atoms with Gasteiger partial charge in [0.1, 0.15) is 0 Å². The fraction of sp³-hybridized carbons (Fsp3) is 0.200. The summed E-state index contributed by atoms with van der Waals surface area (Å²) >= 11 is 4.34. The number of para-hydroxylation sites is 2. The van der Waals surface area contributed by atoms with E-state index >= 15 is 0 Å². The molecule has 0 saturated carbocycles. The molecule has 1 aliphatic carbocycles. The monoisotopic (exact) mass is 1460 g/mol. The van der Waals surface area contributed by atoms with Gasteiger partial charge in [-0.05, 0) is 74.5 Å². The maximum absolute atomic E-state index is 9.17. The molecule has 11 aromatic carbocycles. The molecule has 0 fully saturated rings. The predicted molar refractivity (Wildman–Crippen MR) is 399 cm³/mol. The van der Waals surface area contributed by atoms with Gasteiger partial charge in [-0.2, -0.15) is 0 Å². The minimum absolute atomic E-state index is 0.0831. The zero-order valence-electron chi connectivity index (χ0n) is 59.9. The first-order valence-corrected chi connectivity index (χ1v) is 35.5. The van der Waals surface area contributed by atoms with Crippen LogP contribution in [0, 0.1) is 22.8 Å². The van der Waals surface area contributed by atoms with Gasteiger partial charge in [0.25, 0.3) is 0 Å². The maximum atomic E-state index is 9.17. The van der Waals surface area contributed by atoms with Crippen molar-refractivity contribution in [3.05, 3.63) is 303 Å². The summed E-state index contributed by atoms with van der Waals surface area (Å²) in [5, 5.41) is 1.90. The summed E-state index contributed by atoms with van der Waals surface area (Å²) in [6.45, 7) is 24.9. The Morgan fingerprint density at radius 3 is 1.64 bits per heavy atom. The molecule has 7 heteroatoms. The molecule has 0 atom stereocenters. The van der Waals surface area contributed by atoms with Crippen LogP contribution in [-0.2, 0) is 46.4 Å². The number of ether oxygens (including phenoxy) is 1. The van der Waals surface area contributed by atoms with E-state index < -0.39 is 12.3 Å². The number of rotatable bonds is 8. The molecular formula is C90H78N4OPtS-2. The number of fused-ring (bicyclic) bond motifs is 13. The molecular weight excluding hydrogens is 1380 g/mol. The van der Waals surface area contributed by atoms with Crippen LogP contribution in [0.2, 0.25) is 0 Å². The van der Waals surface area contributed by atoms with Crippen LogP contribution in [0.1, 0.15) is 137 Å². The number of benzene rings is 11. The molecule has 2 aliphatic rings. The molecule has 5 nitrogen and oxygen atoms in total. The van der Waals surface area contributed by atoms with Crippen molar-refractivity contribution in [3.8, 4) is 73.2 Å². The van der Waals surface area contributed by atoms with Gasteiger partial charge in [0.2, 0.25) is 0 Å². The summed E-state index contributed by atoms with van der Waals surface area (Å²) < 4.78 is 42.4. The van der Waals surface area contributed by atoms with Crippen molar-refractivity contribution in [2.24, 2.45) is 0 Å². The Hall–Kier alpha value is -9.32. The third-order valence-electron chi connectivity index (χ3n) is 20.0. The van der Waals surface area contributed by atoms with Gasteiger partial charge in [-0.1, -0.05) is 117 Å². The zero-order valence-corrected chi connectivity index (χ0v) is 60.0. The molecule has 4 heterocycles. The van der Waals surface area contributed by atoms with Gasteiger partial charge in [-0.15, -0.1) is 0 Å². The first-order valence-electron chi connectivity index (χ1n) is 35.1. The quantitative estimate of drug-likeness (QED) is 0.142. The Labute approximate surface area is 590 Å². The van der Waals surface area contributed by atoms with E-state index in [-0.39, 0.29) is 27.2 Å². The number of hydrogen-bond acceptors (Lipinski definition) is 3. The Morgan fingerprint density at radius 1 is 0.423 bits per heavy atom. The number of hydrogen-bond donors (Lipinski definition) is 0. The van der Waals surface area contributed by atoms with Crippen LogP contribution in [-0.4, -0.2) is 18.7 Å². The van der Waals surface area contributed by atoms with Crippen molar-refractivity contribution >= 4 is 44.6 Å². The Balaban J connectivity index is 0.891. The van der Waals surface area contributed by atoms with E-state index in [1.807, 2.05) is 42.1 Å². The molecule has 1 spiro atoms. The van der Waals surface area contributed by atoms with Gasteiger partial charge in [0, 0.05) is 25.7 Å². The molecule has 14 aromatic rings. The molecule has 1 aliphatic heterocycles. The molecule has 0 radical (unpaired) electrons. The van der Waals surface area contributed by atoms with E-state index in [1.54, 1.807) is 12.3 Å². The van der Waals surface area contributed by atoms with Crippen molar-refractivity contribution in [1.82, 2.24) is 18.7 Å². The number of aromatic nitrogens is 4. The molecule has 0 saturated heterocycles. The van der Waals surface area contributed by atoms with Crippen LogP contribution in [0.4, 0.5) is 0 Å². The van der Waals surface area contributed by atoms with Crippen molar-refractivity contribution in [2.75, 3.05) is 0 Å². The smallest absolute Gasteiger partial charge is 0.0894 e. The number of imidazole rings is 1. The number of nitrogens with zero attached hydrogens (tertiary/aromatic N) is 4. The summed E-state index contributed by atoms with van der Waals surface area (Å²) in [6, 6.07) is 90.6. The summed E-state index contributed by atoms with van der Waals surface area (Å²) in [4.78, 5) is 7.71. The molecule has 0 bridgehead atoms. The van der Waals surface area contributed by atoms with E-state index in [9.17, 15) is 0 Å². The second kappa shape index (κ2) is 22.9. The van der Waals surface area contributed by atoms with Crippen molar-refractivity contribution < 1.29 is 28.2 Å². The minimum atomic E-state index is -2.49. The Bertz CT molecular complexity index is 5650. The summed E-state index contributed by atoms with van der Waals surface area (Å²) in [7, 11) is 0. The predicted octanol–water partition coefficient (Wildman–Crippen LogP) is 23.7. The van der Waals surface area contributed by atoms with Crippen LogP contribution >= 0.6 is 11.8 Å².